The first-order chi connectivity index (χ1) is 7.69. The maximum Gasteiger partial charge on any atom is 0.358 e. The van der Waals surface area contributed by atoms with E-state index in [0.717, 1.165) is 25.0 Å². The van der Waals surface area contributed by atoms with Gasteiger partial charge in [0.05, 0.1) is 6.61 Å². The van der Waals surface area contributed by atoms with Gasteiger partial charge in [-0.15, -0.1) is 11.6 Å². The Balaban J connectivity index is 2.62. The first-order valence-corrected chi connectivity index (χ1v) is 5.98. The molecule has 5 heteroatoms. The molecule has 0 amide bonds. The van der Waals surface area contributed by atoms with E-state index in [0.29, 0.717) is 18.2 Å². The quantitative estimate of drug-likeness (QED) is 0.438. The molecule has 0 aliphatic carbocycles. The molecule has 0 aromatic carbocycles. The first-order valence-electron chi connectivity index (χ1n) is 5.45. The van der Waals surface area contributed by atoms with Crippen molar-refractivity contribution in [1.29, 1.82) is 0 Å². The maximum atomic E-state index is 11.4. The van der Waals surface area contributed by atoms with Crippen molar-refractivity contribution in [2.24, 2.45) is 7.05 Å². The summed E-state index contributed by atoms with van der Waals surface area (Å²) in [7, 11) is 1.83. The van der Waals surface area contributed by atoms with Crippen molar-refractivity contribution in [2.45, 2.75) is 26.2 Å². The van der Waals surface area contributed by atoms with Crippen LogP contribution in [0.15, 0.2) is 6.07 Å². The highest BCUT2D eigenvalue weighted by Crippen LogP contribution is 2.08. The van der Waals surface area contributed by atoms with Crippen molar-refractivity contribution < 1.29 is 9.53 Å². The van der Waals surface area contributed by atoms with Crippen LogP contribution < -0.4 is 0 Å². The summed E-state index contributed by atoms with van der Waals surface area (Å²) in [5.74, 6) is 0.310. The van der Waals surface area contributed by atoms with E-state index in [4.69, 9.17) is 16.3 Å². The van der Waals surface area contributed by atoms with E-state index >= 15 is 0 Å². The second kappa shape index (κ2) is 6.53. The molecule has 0 saturated heterocycles. The van der Waals surface area contributed by atoms with Gasteiger partial charge in [0.25, 0.3) is 0 Å². The van der Waals surface area contributed by atoms with Crippen molar-refractivity contribution in [3.8, 4) is 0 Å². The van der Waals surface area contributed by atoms with E-state index in [2.05, 4.69) is 5.10 Å². The second-order valence-electron chi connectivity index (χ2n) is 3.51. The fourth-order valence-electron chi connectivity index (χ4n) is 1.45. The highest BCUT2D eigenvalue weighted by Gasteiger charge is 2.13. The Morgan fingerprint density at radius 1 is 1.56 bits per heavy atom. The molecule has 0 atom stereocenters. The molecular formula is C11H17ClN2O2. The summed E-state index contributed by atoms with van der Waals surface area (Å²) in [6, 6.07) is 1.78. The molecule has 0 radical (unpaired) electrons. The molecular weight excluding hydrogens is 228 g/mol. The van der Waals surface area contributed by atoms with Gasteiger partial charge in [0.1, 0.15) is 0 Å². The minimum absolute atomic E-state index is 0.360. The summed E-state index contributed by atoms with van der Waals surface area (Å²) in [5, 5.41) is 4.12. The van der Waals surface area contributed by atoms with Crippen LogP contribution in [-0.2, 0) is 18.2 Å². The SMILES string of the molecule is CCOC(=O)c1cc(CCCCCl)n(C)n1. The lowest BCUT2D eigenvalue weighted by Crippen LogP contribution is -2.06. The highest BCUT2D eigenvalue weighted by atomic mass is 35.5. The zero-order chi connectivity index (χ0) is 12.0. The zero-order valence-corrected chi connectivity index (χ0v) is 10.5. The molecule has 0 N–H and O–H groups in total. The molecule has 16 heavy (non-hydrogen) atoms. The van der Waals surface area contributed by atoms with E-state index in [1.54, 1.807) is 17.7 Å². The molecule has 0 aliphatic heterocycles. The third-order valence-electron chi connectivity index (χ3n) is 2.28. The number of carbonyl (C=O) groups is 1. The zero-order valence-electron chi connectivity index (χ0n) is 9.70. The van der Waals surface area contributed by atoms with E-state index in [1.165, 1.54) is 0 Å². The van der Waals surface area contributed by atoms with Crippen LogP contribution in [-0.4, -0.2) is 28.2 Å². The van der Waals surface area contributed by atoms with Gasteiger partial charge in [-0.2, -0.15) is 5.10 Å². The predicted octanol–water partition coefficient (Wildman–Crippen LogP) is 2.16. The van der Waals surface area contributed by atoms with Gasteiger partial charge in [0.15, 0.2) is 5.69 Å². The molecule has 1 heterocycles. The number of alkyl halides is 1. The Bertz CT molecular complexity index is 350. The van der Waals surface area contributed by atoms with Gasteiger partial charge in [-0.3, -0.25) is 4.68 Å². The van der Waals surface area contributed by atoms with Gasteiger partial charge in [-0.1, -0.05) is 0 Å². The largest absolute Gasteiger partial charge is 0.461 e. The van der Waals surface area contributed by atoms with Gasteiger partial charge in [-0.25, -0.2) is 4.79 Å². The topological polar surface area (TPSA) is 44.1 Å². The number of esters is 1. The summed E-state index contributed by atoms with van der Waals surface area (Å²) in [4.78, 5) is 11.4. The lowest BCUT2D eigenvalue weighted by molar-refractivity contribution is 0.0518. The van der Waals surface area contributed by atoms with Crippen molar-refractivity contribution in [3.63, 3.8) is 0 Å². The average molecular weight is 245 g/mol. The minimum atomic E-state index is -0.360. The van der Waals surface area contributed by atoms with E-state index in [9.17, 15) is 4.79 Å². The van der Waals surface area contributed by atoms with E-state index in [-0.39, 0.29) is 5.97 Å². The van der Waals surface area contributed by atoms with Crippen molar-refractivity contribution in [3.05, 3.63) is 17.5 Å². The Labute approximate surface area is 101 Å². The molecule has 0 aliphatic rings. The standard InChI is InChI=1S/C11H17ClN2O2/c1-3-16-11(15)10-8-9(14(2)13-10)6-4-5-7-12/h8H,3-7H2,1-2H3. The Morgan fingerprint density at radius 2 is 2.31 bits per heavy atom. The number of halogens is 1. The van der Waals surface area contributed by atoms with E-state index in [1.807, 2.05) is 7.05 Å². The lowest BCUT2D eigenvalue weighted by Gasteiger charge is -1.98. The van der Waals surface area contributed by atoms with Gasteiger partial charge in [0.2, 0.25) is 0 Å². The third kappa shape index (κ3) is 3.52. The van der Waals surface area contributed by atoms with Gasteiger partial charge >= 0.3 is 5.97 Å². The molecule has 0 unspecified atom stereocenters. The third-order valence-corrected chi connectivity index (χ3v) is 2.55. The number of ether oxygens (including phenoxy) is 1. The number of rotatable bonds is 6. The van der Waals surface area contributed by atoms with Crippen LogP contribution in [0.4, 0.5) is 0 Å². The highest BCUT2D eigenvalue weighted by molar-refractivity contribution is 6.17. The van der Waals surface area contributed by atoms with Gasteiger partial charge in [0, 0.05) is 18.6 Å². The van der Waals surface area contributed by atoms with Crippen LogP contribution in [0.25, 0.3) is 0 Å². The van der Waals surface area contributed by atoms with Crippen LogP contribution in [0.5, 0.6) is 0 Å². The molecule has 1 aromatic heterocycles. The Morgan fingerprint density at radius 3 is 2.94 bits per heavy atom. The molecule has 4 nitrogen and oxygen atoms in total. The van der Waals surface area contributed by atoms with E-state index < -0.39 is 0 Å². The smallest absolute Gasteiger partial charge is 0.358 e. The van der Waals surface area contributed by atoms with Crippen LogP contribution >= 0.6 is 11.6 Å². The molecule has 1 aromatic rings. The fraction of sp³-hybridized carbons (Fsp3) is 0.636. The Kier molecular flexibility index (Phi) is 5.32. The van der Waals surface area contributed by atoms with Crippen LogP contribution in [0, 0.1) is 0 Å². The summed E-state index contributed by atoms with van der Waals surface area (Å²) >= 11 is 5.61. The molecule has 0 bridgehead atoms. The predicted molar refractivity (Wildman–Crippen MR) is 62.8 cm³/mol. The lowest BCUT2D eigenvalue weighted by atomic mass is 10.2. The number of unbranched alkanes of at least 4 members (excludes halogenated alkanes) is 1. The first kappa shape index (κ1) is 13.0. The average Bonchev–Trinajstić information content (AvgIpc) is 2.61. The monoisotopic (exact) mass is 244 g/mol. The minimum Gasteiger partial charge on any atom is -0.461 e. The number of aromatic nitrogens is 2. The van der Waals surface area contributed by atoms with Gasteiger partial charge in [-0.05, 0) is 32.3 Å². The molecule has 0 spiro atoms. The number of carbonyl (C=O) groups excluding carboxylic acids is 1. The number of nitrogens with zero attached hydrogens (tertiary/aromatic N) is 2. The van der Waals surface area contributed by atoms with Crippen molar-refractivity contribution >= 4 is 17.6 Å². The molecule has 90 valence electrons. The normalized spacial score (nSPS) is 10.4. The number of aryl methyl sites for hydroxylation is 2. The second-order valence-corrected chi connectivity index (χ2v) is 3.89. The number of hydrogen-bond acceptors (Lipinski definition) is 3. The Hall–Kier alpha value is -1.03. The summed E-state index contributed by atoms with van der Waals surface area (Å²) in [5.41, 5.74) is 1.42. The maximum absolute atomic E-state index is 11.4. The van der Waals surface area contributed by atoms with Crippen LogP contribution in [0.2, 0.25) is 0 Å². The van der Waals surface area contributed by atoms with Gasteiger partial charge < -0.3 is 4.74 Å². The van der Waals surface area contributed by atoms with Crippen molar-refractivity contribution in [2.75, 3.05) is 12.5 Å². The number of hydrogen-bond donors (Lipinski definition) is 0. The molecule has 1 rings (SSSR count). The molecule has 0 fully saturated rings. The fourth-order valence-corrected chi connectivity index (χ4v) is 1.63. The van der Waals surface area contributed by atoms with Crippen molar-refractivity contribution in [1.82, 2.24) is 9.78 Å². The van der Waals surface area contributed by atoms with Crippen LogP contribution in [0.3, 0.4) is 0 Å². The summed E-state index contributed by atoms with van der Waals surface area (Å²) in [6.45, 7) is 2.15. The summed E-state index contributed by atoms with van der Waals surface area (Å²) < 4.78 is 6.61. The van der Waals surface area contributed by atoms with Crippen LogP contribution in [0.1, 0.15) is 35.9 Å². The molecule has 0 saturated carbocycles. The summed E-state index contributed by atoms with van der Waals surface area (Å²) in [6.07, 6.45) is 2.86.